The quantitative estimate of drug-likeness (QED) is 0.440. The molecule has 0 bridgehead atoms. The first-order valence-electron chi connectivity index (χ1n) is 13.2. The summed E-state index contributed by atoms with van der Waals surface area (Å²) in [5.74, 6) is -0.185. The first-order valence-corrected chi connectivity index (χ1v) is 13.2. The summed E-state index contributed by atoms with van der Waals surface area (Å²) in [5.41, 5.74) is 8.99. The number of rotatable bonds is 8. The van der Waals surface area contributed by atoms with Crippen molar-refractivity contribution >= 4 is 12.0 Å². The lowest BCUT2D eigenvalue weighted by atomic mass is 9.79. The third-order valence-electron chi connectivity index (χ3n) is 7.28. The van der Waals surface area contributed by atoms with Crippen LogP contribution in [0.2, 0.25) is 0 Å². The van der Waals surface area contributed by atoms with Crippen molar-refractivity contribution in [2.75, 3.05) is 6.54 Å². The van der Waals surface area contributed by atoms with Crippen molar-refractivity contribution in [3.05, 3.63) is 83.6 Å². The molecule has 5 rings (SSSR count). The van der Waals surface area contributed by atoms with Crippen LogP contribution in [-0.4, -0.2) is 45.2 Å². The molecule has 2 atom stereocenters. The second kappa shape index (κ2) is 10.2. The molecule has 2 aromatic carbocycles. The average Bonchev–Trinajstić information content (AvgIpc) is 3.72. The van der Waals surface area contributed by atoms with Crippen LogP contribution in [-0.2, 0) is 10.3 Å². The van der Waals surface area contributed by atoms with Gasteiger partial charge in [0.05, 0.1) is 11.7 Å². The maximum absolute atomic E-state index is 13.3. The number of ether oxygens (including phenoxy) is 1. The third kappa shape index (κ3) is 5.70. The van der Waals surface area contributed by atoms with E-state index in [1.165, 1.54) is 0 Å². The SMILES string of the molecule is C[C@@H](c1ccc(-c2ccc(C(=O)NC3CC3)nn2)cc1)N1CC[C@](CC(C)(C)N)(c2ccccc2)OC1=O. The largest absolute Gasteiger partial charge is 0.438 e. The molecule has 8 nitrogen and oxygen atoms in total. The van der Waals surface area contributed by atoms with Crippen LogP contribution in [0.1, 0.15) is 74.1 Å². The molecule has 0 spiro atoms. The van der Waals surface area contributed by atoms with Crippen LogP contribution in [0.25, 0.3) is 11.3 Å². The molecule has 38 heavy (non-hydrogen) atoms. The van der Waals surface area contributed by atoms with Crippen molar-refractivity contribution in [2.24, 2.45) is 5.73 Å². The van der Waals surface area contributed by atoms with Gasteiger partial charge in [-0.2, -0.15) is 0 Å². The van der Waals surface area contributed by atoms with Gasteiger partial charge in [0.15, 0.2) is 5.69 Å². The molecule has 198 valence electrons. The Kier molecular flexibility index (Phi) is 6.92. The predicted molar refractivity (Wildman–Crippen MR) is 145 cm³/mol. The zero-order valence-electron chi connectivity index (χ0n) is 22.2. The summed E-state index contributed by atoms with van der Waals surface area (Å²) in [7, 11) is 0. The number of carbonyl (C=O) groups excluding carboxylic acids is 2. The number of hydrogen-bond acceptors (Lipinski definition) is 6. The van der Waals surface area contributed by atoms with E-state index < -0.39 is 11.1 Å². The Morgan fingerprint density at radius 2 is 1.82 bits per heavy atom. The van der Waals surface area contributed by atoms with Gasteiger partial charge < -0.3 is 20.7 Å². The maximum Gasteiger partial charge on any atom is 0.411 e. The molecule has 1 saturated carbocycles. The summed E-state index contributed by atoms with van der Waals surface area (Å²) in [5, 5.41) is 11.3. The third-order valence-corrected chi connectivity index (χ3v) is 7.28. The molecule has 2 aliphatic rings. The van der Waals surface area contributed by atoms with Crippen LogP contribution in [0.3, 0.4) is 0 Å². The van der Waals surface area contributed by atoms with Gasteiger partial charge in [0.1, 0.15) is 5.60 Å². The Morgan fingerprint density at radius 1 is 1.11 bits per heavy atom. The minimum atomic E-state index is -0.753. The highest BCUT2D eigenvalue weighted by molar-refractivity contribution is 5.92. The number of carbonyl (C=O) groups is 2. The molecular weight excluding hydrogens is 478 g/mol. The van der Waals surface area contributed by atoms with Crippen molar-refractivity contribution in [1.82, 2.24) is 20.4 Å². The zero-order valence-corrected chi connectivity index (χ0v) is 22.2. The van der Waals surface area contributed by atoms with E-state index in [1.807, 2.05) is 75.4 Å². The van der Waals surface area contributed by atoms with E-state index in [0.29, 0.717) is 30.8 Å². The minimum absolute atomic E-state index is 0.171. The fourth-order valence-electron chi connectivity index (χ4n) is 5.14. The monoisotopic (exact) mass is 513 g/mol. The van der Waals surface area contributed by atoms with Gasteiger partial charge in [-0.15, -0.1) is 10.2 Å². The van der Waals surface area contributed by atoms with Crippen LogP contribution in [0.5, 0.6) is 0 Å². The Hall–Kier alpha value is -3.78. The smallest absolute Gasteiger partial charge is 0.411 e. The standard InChI is InChI=1S/C30H35N5O3/c1-20(35-18-17-30(38-28(35)37,19-29(2,3)31)23-7-5-4-6-8-23)21-9-11-22(12-10-21)25-15-16-26(34-33-25)27(36)32-24-13-14-24/h4-12,15-16,20,24H,13-14,17-19,31H2,1-3H3,(H,32,36)/t20-,30-/m0/s1. The van der Waals surface area contributed by atoms with Crippen molar-refractivity contribution in [3.63, 3.8) is 0 Å². The second-order valence-electron chi connectivity index (χ2n) is 11.2. The molecule has 0 radical (unpaired) electrons. The molecule has 1 aliphatic carbocycles. The van der Waals surface area contributed by atoms with Crippen LogP contribution in [0.15, 0.2) is 66.7 Å². The predicted octanol–water partition coefficient (Wildman–Crippen LogP) is 4.96. The van der Waals surface area contributed by atoms with Gasteiger partial charge in [0.25, 0.3) is 5.91 Å². The number of hydrogen-bond donors (Lipinski definition) is 2. The average molecular weight is 514 g/mol. The summed E-state index contributed by atoms with van der Waals surface area (Å²) < 4.78 is 6.20. The molecule has 3 N–H and O–H groups in total. The number of amides is 2. The number of cyclic esters (lactones) is 1. The lowest BCUT2D eigenvalue weighted by Crippen LogP contribution is -2.52. The van der Waals surface area contributed by atoms with Gasteiger partial charge in [-0.05, 0) is 56.9 Å². The van der Waals surface area contributed by atoms with Gasteiger partial charge in [0, 0.05) is 36.5 Å². The highest BCUT2D eigenvalue weighted by Gasteiger charge is 2.45. The first-order chi connectivity index (χ1) is 18.1. The molecule has 8 heteroatoms. The molecule has 2 amide bonds. The molecule has 1 aliphatic heterocycles. The maximum atomic E-state index is 13.3. The fraction of sp³-hybridized carbons (Fsp3) is 0.400. The topological polar surface area (TPSA) is 110 Å². The van der Waals surface area contributed by atoms with Crippen molar-refractivity contribution < 1.29 is 14.3 Å². The Balaban J connectivity index is 1.28. The first kappa shape index (κ1) is 25.9. The summed E-state index contributed by atoms with van der Waals surface area (Å²) in [4.78, 5) is 27.3. The van der Waals surface area contributed by atoms with E-state index in [4.69, 9.17) is 10.5 Å². The van der Waals surface area contributed by atoms with Gasteiger partial charge >= 0.3 is 6.09 Å². The van der Waals surface area contributed by atoms with Gasteiger partial charge in [-0.1, -0.05) is 54.6 Å². The van der Waals surface area contributed by atoms with E-state index in [0.717, 1.165) is 29.5 Å². The van der Waals surface area contributed by atoms with Crippen molar-refractivity contribution in [2.45, 2.75) is 69.7 Å². The van der Waals surface area contributed by atoms with Crippen LogP contribution in [0, 0.1) is 0 Å². The van der Waals surface area contributed by atoms with Crippen molar-refractivity contribution in [3.8, 4) is 11.3 Å². The normalized spacial score (nSPS) is 20.5. The molecular formula is C30H35N5O3. The summed E-state index contributed by atoms with van der Waals surface area (Å²) in [6.07, 6.45) is 2.90. The van der Waals surface area contributed by atoms with Gasteiger partial charge in [-0.25, -0.2) is 4.79 Å². The number of aromatic nitrogens is 2. The Bertz CT molecular complexity index is 1280. The van der Waals surface area contributed by atoms with E-state index in [2.05, 4.69) is 15.5 Å². The van der Waals surface area contributed by atoms with Gasteiger partial charge in [0.2, 0.25) is 0 Å². The lowest BCUT2D eigenvalue weighted by molar-refractivity contribution is -0.0738. The number of benzene rings is 2. The second-order valence-corrected chi connectivity index (χ2v) is 11.2. The van der Waals surface area contributed by atoms with Gasteiger partial charge in [-0.3, -0.25) is 4.79 Å². The summed E-state index contributed by atoms with van der Waals surface area (Å²) in [6.45, 7) is 6.49. The highest BCUT2D eigenvalue weighted by atomic mass is 16.6. The number of nitrogens with one attached hydrogen (secondary N) is 1. The van der Waals surface area contributed by atoms with Crippen LogP contribution >= 0.6 is 0 Å². The van der Waals surface area contributed by atoms with E-state index in [1.54, 1.807) is 17.0 Å². The molecule has 0 unspecified atom stereocenters. The number of nitrogens with two attached hydrogens (primary N) is 1. The van der Waals surface area contributed by atoms with Crippen LogP contribution in [0.4, 0.5) is 4.79 Å². The fourth-order valence-corrected chi connectivity index (χ4v) is 5.14. The molecule has 2 fully saturated rings. The summed E-state index contributed by atoms with van der Waals surface area (Å²) >= 11 is 0. The van der Waals surface area contributed by atoms with E-state index in [-0.39, 0.29) is 24.1 Å². The molecule has 1 aromatic heterocycles. The summed E-state index contributed by atoms with van der Waals surface area (Å²) in [6, 6.07) is 21.4. The number of nitrogens with zero attached hydrogens (tertiary/aromatic N) is 3. The zero-order chi connectivity index (χ0) is 26.9. The molecule has 3 aromatic rings. The Labute approximate surface area is 223 Å². The highest BCUT2D eigenvalue weighted by Crippen LogP contribution is 2.42. The van der Waals surface area contributed by atoms with E-state index >= 15 is 0 Å². The Morgan fingerprint density at radius 3 is 2.39 bits per heavy atom. The lowest BCUT2D eigenvalue weighted by Gasteiger charge is -2.45. The van der Waals surface area contributed by atoms with E-state index in [9.17, 15) is 9.59 Å². The molecule has 1 saturated heterocycles. The van der Waals surface area contributed by atoms with Crippen LogP contribution < -0.4 is 11.1 Å². The molecule has 2 heterocycles. The van der Waals surface area contributed by atoms with Crippen molar-refractivity contribution in [1.29, 1.82) is 0 Å². The minimum Gasteiger partial charge on any atom is -0.438 e.